The van der Waals surface area contributed by atoms with Crippen molar-refractivity contribution in [3.8, 4) is 0 Å². The number of rotatable bonds is 1. The van der Waals surface area contributed by atoms with E-state index in [1.165, 1.54) is 25.7 Å². The molecule has 0 aromatic heterocycles. The highest BCUT2D eigenvalue weighted by atomic mass is 16.2. The molecular formula is C11H17NO. The van der Waals surface area contributed by atoms with Crippen LogP contribution < -0.4 is 0 Å². The van der Waals surface area contributed by atoms with Crippen molar-refractivity contribution < 1.29 is 4.79 Å². The maximum Gasteiger partial charge on any atom is 0.225 e. The van der Waals surface area contributed by atoms with Gasteiger partial charge in [0.1, 0.15) is 0 Å². The largest absolute Gasteiger partial charge is 0.339 e. The topological polar surface area (TPSA) is 20.3 Å². The zero-order chi connectivity index (χ0) is 8.84. The van der Waals surface area contributed by atoms with Crippen LogP contribution >= 0.6 is 0 Å². The minimum Gasteiger partial charge on any atom is -0.339 e. The zero-order valence-electron chi connectivity index (χ0n) is 8.04. The first-order valence-electron chi connectivity index (χ1n) is 5.67. The molecule has 2 unspecified atom stereocenters. The number of likely N-dealkylation sites (tertiary alicyclic amines) is 1. The number of piperidine rings is 1. The summed E-state index contributed by atoms with van der Waals surface area (Å²) in [5, 5.41) is 0. The fourth-order valence-corrected chi connectivity index (χ4v) is 2.78. The average Bonchev–Trinajstić information content (AvgIpc) is 2.77. The summed E-state index contributed by atoms with van der Waals surface area (Å²) in [5.41, 5.74) is 0. The molecule has 0 N–H and O–H groups in total. The number of fused-ring (bicyclic) bond motifs is 1. The Morgan fingerprint density at radius 3 is 2.69 bits per heavy atom. The van der Waals surface area contributed by atoms with E-state index < -0.39 is 0 Å². The Labute approximate surface area is 79.3 Å². The number of carbonyl (C=O) groups excluding carboxylic acids is 1. The van der Waals surface area contributed by atoms with E-state index in [0.29, 0.717) is 17.9 Å². The molecule has 0 spiro atoms. The van der Waals surface area contributed by atoms with Crippen molar-refractivity contribution in [1.29, 1.82) is 0 Å². The number of amides is 1. The van der Waals surface area contributed by atoms with Gasteiger partial charge in [0.25, 0.3) is 0 Å². The van der Waals surface area contributed by atoms with Crippen LogP contribution in [0.15, 0.2) is 0 Å². The Balaban J connectivity index is 1.66. The zero-order valence-corrected chi connectivity index (χ0v) is 8.04. The van der Waals surface area contributed by atoms with Crippen molar-refractivity contribution in [2.45, 2.75) is 44.6 Å². The summed E-state index contributed by atoms with van der Waals surface area (Å²) in [6, 6.07) is 0.668. The summed E-state index contributed by atoms with van der Waals surface area (Å²) in [5.74, 6) is 1.79. The fourth-order valence-electron chi connectivity index (χ4n) is 2.78. The predicted molar refractivity (Wildman–Crippen MR) is 50.2 cm³/mol. The van der Waals surface area contributed by atoms with Gasteiger partial charge >= 0.3 is 0 Å². The van der Waals surface area contributed by atoms with Crippen LogP contribution in [0.5, 0.6) is 0 Å². The maximum absolute atomic E-state index is 11.9. The molecule has 3 fully saturated rings. The number of carbonyl (C=O) groups is 1. The Hall–Kier alpha value is -0.530. The molecule has 3 rings (SSSR count). The Morgan fingerprint density at radius 1 is 1.15 bits per heavy atom. The Bertz CT molecular complexity index is 234. The number of nitrogens with zero attached hydrogens (tertiary/aromatic N) is 1. The van der Waals surface area contributed by atoms with Crippen molar-refractivity contribution in [3.05, 3.63) is 0 Å². The van der Waals surface area contributed by atoms with Crippen LogP contribution in [0.3, 0.4) is 0 Å². The van der Waals surface area contributed by atoms with E-state index in [1.807, 2.05) is 0 Å². The van der Waals surface area contributed by atoms with Gasteiger partial charge in [-0.25, -0.2) is 0 Å². The van der Waals surface area contributed by atoms with Crippen LogP contribution in [0.4, 0.5) is 0 Å². The number of hydrogen-bond acceptors (Lipinski definition) is 1. The smallest absolute Gasteiger partial charge is 0.225 e. The van der Waals surface area contributed by atoms with Gasteiger partial charge < -0.3 is 4.90 Å². The highest BCUT2D eigenvalue weighted by molar-refractivity contribution is 5.80. The summed E-state index contributed by atoms with van der Waals surface area (Å²) in [6.45, 7) is 1.05. The standard InChI is InChI=1S/C11H17NO/c13-11(8-3-1-4-8)12-6-2-5-9-7-10(9)12/h8-10H,1-7H2. The van der Waals surface area contributed by atoms with E-state index in [9.17, 15) is 4.79 Å². The van der Waals surface area contributed by atoms with E-state index in [-0.39, 0.29) is 0 Å². The average molecular weight is 179 g/mol. The third-order valence-electron chi connectivity index (χ3n) is 4.00. The molecule has 0 bridgehead atoms. The first-order chi connectivity index (χ1) is 6.36. The van der Waals surface area contributed by atoms with Crippen LogP contribution in [0.2, 0.25) is 0 Å². The Morgan fingerprint density at radius 2 is 2.00 bits per heavy atom. The molecule has 3 aliphatic rings. The molecule has 0 aromatic carbocycles. The molecule has 72 valence electrons. The predicted octanol–water partition coefficient (Wildman–Crippen LogP) is 1.80. The van der Waals surface area contributed by atoms with Crippen molar-refractivity contribution in [2.24, 2.45) is 11.8 Å². The van der Waals surface area contributed by atoms with Gasteiger partial charge in [0.05, 0.1) is 0 Å². The summed E-state index contributed by atoms with van der Waals surface area (Å²) >= 11 is 0. The highest BCUT2D eigenvalue weighted by Gasteiger charge is 2.47. The van der Waals surface area contributed by atoms with E-state index >= 15 is 0 Å². The molecule has 2 heteroatoms. The highest BCUT2D eigenvalue weighted by Crippen LogP contribution is 2.44. The second kappa shape index (κ2) is 2.73. The van der Waals surface area contributed by atoms with Gasteiger partial charge in [-0.1, -0.05) is 6.42 Å². The van der Waals surface area contributed by atoms with Crippen LogP contribution in [0.1, 0.15) is 38.5 Å². The minimum absolute atomic E-state index is 0.416. The third-order valence-corrected chi connectivity index (χ3v) is 4.00. The molecule has 0 aromatic rings. The van der Waals surface area contributed by atoms with Gasteiger partial charge in [0, 0.05) is 18.5 Å². The summed E-state index contributed by atoms with van der Waals surface area (Å²) in [7, 11) is 0. The van der Waals surface area contributed by atoms with Gasteiger partial charge in [0.15, 0.2) is 0 Å². The maximum atomic E-state index is 11.9. The molecule has 1 saturated heterocycles. The first kappa shape index (κ1) is 7.84. The van der Waals surface area contributed by atoms with Gasteiger partial charge in [-0.2, -0.15) is 0 Å². The second-order valence-corrected chi connectivity index (χ2v) is 4.86. The quantitative estimate of drug-likeness (QED) is 0.601. The summed E-state index contributed by atoms with van der Waals surface area (Å²) < 4.78 is 0. The van der Waals surface area contributed by atoms with Gasteiger partial charge in [-0.3, -0.25) is 4.79 Å². The van der Waals surface area contributed by atoms with Crippen LogP contribution in [-0.2, 0) is 4.79 Å². The Kier molecular flexibility index (Phi) is 1.64. The van der Waals surface area contributed by atoms with Crippen LogP contribution in [-0.4, -0.2) is 23.4 Å². The van der Waals surface area contributed by atoms with E-state index in [0.717, 1.165) is 25.3 Å². The monoisotopic (exact) mass is 179 g/mol. The molecule has 1 heterocycles. The summed E-state index contributed by atoms with van der Waals surface area (Å²) in [6.07, 6.45) is 7.52. The normalized spacial score (nSPS) is 38.0. The van der Waals surface area contributed by atoms with Gasteiger partial charge in [-0.05, 0) is 38.0 Å². The molecule has 2 aliphatic carbocycles. The van der Waals surface area contributed by atoms with Gasteiger partial charge in [-0.15, -0.1) is 0 Å². The lowest BCUT2D eigenvalue weighted by atomic mass is 9.84. The number of hydrogen-bond donors (Lipinski definition) is 0. The molecule has 2 saturated carbocycles. The first-order valence-corrected chi connectivity index (χ1v) is 5.67. The van der Waals surface area contributed by atoms with Crippen LogP contribution in [0, 0.1) is 11.8 Å². The third kappa shape index (κ3) is 1.18. The second-order valence-electron chi connectivity index (χ2n) is 4.86. The van der Waals surface area contributed by atoms with Crippen LogP contribution in [0.25, 0.3) is 0 Å². The van der Waals surface area contributed by atoms with E-state index in [4.69, 9.17) is 0 Å². The molecule has 0 radical (unpaired) electrons. The van der Waals surface area contributed by atoms with Crippen molar-refractivity contribution in [3.63, 3.8) is 0 Å². The SMILES string of the molecule is O=C(C1CCC1)N1CCCC2CC21. The van der Waals surface area contributed by atoms with Crippen molar-refractivity contribution >= 4 is 5.91 Å². The van der Waals surface area contributed by atoms with Gasteiger partial charge in [0.2, 0.25) is 5.91 Å². The molecule has 1 amide bonds. The van der Waals surface area contributed by atoms with Crippen molar-refractivity contribution in [1.82, 2.24) is 4.90 Å². The molecule has 1 aliphatic heterocycles. The molecule has 2 atom stereocenters. The molecule has 2 nitrogen and oxygen atoms in total. The van der Waals surface area contributed by atoms with Crippen molar-refractivity contribution in [2.75, 3.05) is 6.54 Å². The lowest BCUT2D eigenvalue weighted by Crippen LogP contribution is -2.43. The van der Waals surface area contributed by atoms with E-state index in [2.05, 4.69) is 4.90 Å². The molecule has 13 heavy (non-hydrogen) atoms. The minimum atomic E-state index is 0.416. The fraction of sp³-hybridized carbons (Fsp3) is 0.909. The lowest BCUT2D eigenvalue weighted by molar-refractivity contribution is -0.139. The van der Waals surface area contributed by atoms with E-state index in [1.54, 1.807) is 0 Å². The summed E-state index contributed by atoms with van der Waals surface area (Å²) in [4.78, 5) is 14.1. The lowest BCUT2D eigenvalue weighted by Gasteiger charge is -2.34. The molecular weight excluding hydrogens is 162 g/mol.